The lowest BCUT2D eigenvalue weighted by atomic mass is 10.3. The molecule has 0 saturated carbocycles. The Kier molecular flexibility index (Phi) is 3.77. The van der Waals surface area contributed by atoms with E-state index in [0.29, 0.717) is 12.1 Å². The third kappa shape index (κ3) is 2.87. The quantitative estimate of drug-likeness (QED) is 0.877. The van der Waals surface area contributed by atoms with Crippen molar-refractivity contribution in [2.75, 3.05) is 4.72 Å². The molecule has 0 aliphatic rings. The van der Waals surface area contributed by atoms with Gasteiger partial charge in [-0.3, -0.25) is 4.72 Å². The van der Waals surface area contributed by atoms with E-state index in [4.69, 9.17) is 11.6 Å². The minimum absolute atomic E-state index is 0.0475. The first-order valence-electron chi connectivity index (χ1n) is 5.59. The third-order valence-electron chi connectivity index (χ3n) is 2.60. The van der Waals surface area contributed by atoms with Crippen molar-refractivity contribution in [3.05, 3.63) is 35.5 Å². The van der Waals surface area contributed by atoms with Crippen LogP contribution in [0.1, 0.15) is 12.5 Å². The molecule has 1 N–H and O–H groups in total. The Morgan fingerprint density at radius 1 is 1.42 bits per heavy atom. The normalized spacial score (nSPS) is 11.5. The van der Waals surface area contributed by atoms with Gasteiger partial charge in [-0.25, -0.2) is 9.97 Å². The SMILES string of the molecule is CCn1cnc(S(=O)(=O)Nc2c(C)ccnc2Cl)c1. The lowest BCUT2D eigenvalue weighted by Gasteiger charge is -2.09. The van der Waals surface area contributed by atoms with Gasteiger partial charge in [0.2, 0.25) is 0 Å². The van der Waals surface area contributed by atoms with Gasteiger partial charge in [-0.2, -0.15) is 8.42 Å². The number of sulfonamides is 1. The van der Waals surface area contributed by atoms with Crippen molar-refractivity contribution in [3.8, 4) is 0 Å². The average Bonchev–Trinajstić information content (AvgIpc) is 2.83. The number of nitrogens with zero attached hydrogens (tertiary/aromatic N) is 3. The second-order valence-corrected chi connectivity index (χ2v) is 5.93. The van der Waals surface area contributed by atoms with Crippen molar-refractivity contribution in [2.45, 2.75) is 25.4 Å². The van der Waals surface area contributed by atoms with Crippen LogP contribution in [-0.4, -0.2) is 23.0 Å². The van der Waals surface area contributed by atoms with Gasteiger partial charge in [0, 0.05) is 18.9 Å². The van der Waals surface area contributed by atoms with Crippen LogP contribution in [-0.2, 0) is 16.6 Å². The first kappa shape index (κ1) is 13.8. The van der Waals surface area contributed by atoms with Crippen LogP contribution >= 0.6 is 11.6 Å². The van der Waals surface area contributed by atoms with Crippen LogP contribution in [0.5, 0.6) is 0 Å². The van der Waals surface area contributed by atoms with Crippen LogP contribution in [0.15, 0.2) is 29.8 Å². The molecule has 2 aromatic heterocycles. The predicted octanol–water partition coefficient (Wildman–Crippen LogP) is 2.06. The highest BCUT2D eigenvalue weighted by atomic mass is 35.5. The van der Waals surface area contributed by atoms with Crippen molar-refractivity contribution in [1.82, 2.24) is 14.5 Å². The number of hydrogen-bond acceptors (Lipinski definition) is 4. The van der Waals surface area contributed by atoms with E-state index in [9.17, 15) is 8.42 Å². The Bertz CT molecular complexity index is 676. The molecule has 2 heterocycles. The molecule has 0 saturated heterocycles. The number of imidazole rings is 1. The van der Waals surface area contributed by atoms with E-state index in [1.807, 2.05) is 6.92 Å². The van der Waals surface area contributed by atoms with Crippen LogP contribution in [0.25, 0.3) is 0 Å². The number of anilines is 1. The van der Waals surface area contributed by atoms with Gasteiger partial charge in [-0.15, -0.1) is 0 Å². The molecule has 2 rings (SSSR count). The van der Waals surface area contributed by atoms with Gasteiger partial charge < -0.3 is 4.57 Å². The van der Waals surface area contributed by atoms with E-state index in [0.717, 1.165) is 0 Å². The van der Waals surface area contributed by atoms with Gasteiger partial charge in [-0.1, -0.05) is 11.6 Å². The molecule has 6 nitrogen and oxygen atoms in total. The van der Waals surface area contributed by atoms with Crippen LogP contribution < -0.4 is 4.72 Å². The van der Waals surface area contributed by atoms with E-state index in [1.165, 1.54) is 18.7 Å². The molecule has 19 heavy (non-hydrogen) atoms. The first-order valence-corrected chi connectivity index (χ1v) is 7.46. The zero-order chi connectivity index (χ0) is 14.0. The van der Waals surface area contributed by atoms with Crippen molar-refractivity contribution >= 4 is 27.3 Å². The summed E-state index contributed by atoms with van der Waals surface area (Å²) in [4.78, 5) is 7.72. The van der Waals surface area contributed by atoms with Gasteiger partial charge in [0.15, 0.2) is 10.2 Å². The summed E-state index contributed by atoms with van der Waals surface area (Å²) in [6.07, 6.45) is 4.44. The molecule has 102 valence electrons. The number of pyridine rings is 1. The minimum Gasteiger partial charge on any atom is -0.336 e. The summed E-state index contributed by atoms with van der Waals surface area (Å²) in [5, 5.41) is 0.0622. The van der Waals surface area contributed by atoms with E-state index in [2.05, 4.69) is 14.7 Å². The second kappa shape index (κ2) is 5.18. The number of hydrogen-bond donors (Lipinski definition) is 1. The highest BCUT2D eigenvalue weighted by Gasteiger charge is 2.20. The Labute approximate surface area is 116 Å². The molecule has 0 atom stereocenters. The molecule has 0 unspecified atom stereocenters. The molecule has 0 aliphatic heterocycles. The highest BCUT2D eigenvalue weighted by Crippen LogP contribution is 2.25. The molecule has 0 fully saturated rings. The number of aryl methyl sites for hydroxylation is 2. The zero-order valence-electron chi connectivity index (χ0n) is 10.5. The fraction of sp³-hybridized carbons (Fsp3) is 0.273. The van der Waals surface area contributed by atoms with Crippen molar-refractivity contribution in [2.24, 2.45) is 0 Å². The Morgan fingerprint density at radius 2 is 2.16 bits per heavy atom. The minimum atomic E-state index is -3.75. The largest absolute Gasteiger partial charge is 0.336 e. The summed E-state index contributed by atoms with van der Waals surface area (Å²) in [5.74, 6) is 0. The van der Waals surface area contributed by atoms with Gasteiger partial charge in [0.05, 0.1) is 12.0 Å². The summed E-state index contributed by atoms with van der Waals surface area (Å²) >= 11 is 5.89. The molecule has 8 heteroatoms. The molecular weight excluding hydrogens is 288 g/mol. The molecule has 0 radical (unpaired) electrons. The molecule has 0 amide bonds. The van der Waals surface area contributed by atoms with Gasteiger partial charge in [-0.05, 0) is 25.5 Å². The van der Waals surface area contributed by atoms with Crippen molar-refractivity contribution < 1.29 is 8.42 Å². The predicted molar refractivity (Wildman–Crippen MR) is 72.7 cm³/mol. The summed E-state index contributed by atoms with van der Waals surface area (Å²) in [6.45, 7) is 4.29. The van der Waals surface area contributed by atoms with Crippen LogP contribution in [0.2, 0.25) is 5.15 Å². The van der Waals surface area contributed by atoms with Gasteiger partial charge in [0.1, 0.15) is 0 Å². The van der Waals surface area contributed by atoms with Crippen molar-refractivity contribution in [3.63, 3.8) is 0 Å². The summed E-state index contributed by atoms with van der Waals surface area (Å²) < 4.78 is 28.4. The maximum atomic E-state index is 12.2. The third-order valence-corrected chi connectivity index (χ3v) is 4.12. The summed E-state index contributed by atoms with van der Waals surface area (Å²) in [5.41, 5.74) is 0.966. The monoisotopic (exact) mass is 300 g/mol. The lowest BCUT2D eigenvalue weighted by molar-refractivity contribution is 0.598. The van der Waals surface area contributed by atoms with E-state index in [-0.39, 0.29) is 15.9 Å². The highest BCUT2D eigenvalue weighted by molar-refractivity contribution is 7.92. The van der Waals surface area contributed by atoms with Gasteiger partial charge >= 0.3 is 0 Å². The van der Waals surface area contributed by atoms with Crippen LogP contribution in [0, 0.1) is 6.92 Å². The zero-order valence-corrected chi connectivity index (χ0v) is 12.0. The second-order valence-electron chi connectivity index (χ2n) is 3.94. The first-order chi connectivity index (χ1) is 8.94. The molecule has 0 aromatic carbocycles. The molecule has 0 aliphatic carbocycles. The molecular formula is C11H13ClN4O2S. The fourth-order valence-electron chi connectivity index (χ4n) is 1.49. The molecule has 0 spiro atoms. The molecule has 2 aromatic rings. The lowest BCUT2D eigenvalue weighted by Crippen LogP contribution is -2.15. The Balaban J connectivity index is 2.36. The smallest absolute Gasteiger partial charge is 0.281 e. The maximum absolute atomic E-state index is 12.2. The van der Waals surface area contributed by atoms with Crippen LogP contribution in [0.4, 0.5) is 5.69 Å². The summed E-state index contributed by atoms with van der Waals surface area (Å²) in [6, 6.07) is 1.67. The average molecular weight is 301 g/mol. The Morgan fingerprint density at radius 3 is 2.74 bits per heavy atom. The Hall–Kier alpha value is -1.60. The number of nitrogens with one attached hydrogen (secondary N) is 1. The fourth-order valence-corrected chi connectivity index (χ4v) is 2.89. The number of rotatable bonds is 4. The topological polar surface area (TPSA) is 76.9 Å². The summed E-state index contributed by atoms with van der Waals surface area (Å²) in [7, 11) is -3.75. The number of aromatic nitrogens is 3. The van der Waals surface area contributed by atoms with E-state index in [1.54, 1.807) is 17.6 Å². The molecule has 0 bridgehead atoms. The standard InChI is InChI=1S/C11H13ClN4O2S/c1-3-16-6-9(14-7-16)19(17,18)15-10-8(2)4-5-13-11(10)12/h4-7,15H,3H2,1-2H3. The van der Waals surface area contributed by atoms with E-state index < -0.39 is 10.0 Å². The number of halogens is 1. The van der Waals surface area contributed by atoms with E-state index >= 15 is 0 Å². The van der Waals surface area contributed by atoms with Crippen LogP contribution in [0.3, 0.4) is 0 Å². The van der Waals surface area contributed by atoms with Gasteiger partial charge in [0.25, 0.3) is 10.0 Å². The van der Waals surface area contributed by atoms with Crippen molar-refractivity contribution in [1.29, 1.82) is 0 Å². The maximum Gasteiger partial charge on any atom is 0.281 e.